The first-order valence-corrected chi connectivity index (χ1v) is 4.86. The van der Waals surface area contributed by atoms with E-state index in [0.717, 1.165) is 11.4 Å². The van der Waals surface area contributed by atoms with Crippen LogP contribution in [0.4, 0.5) is 5.69 Å². The van der Waals surface area contributed by atoms with Gasteiger partial charge >= 0.3 is 0 Å². The molecule has 0 fully saturated rings. The van der Waals surface area contributed by atoms with Crippen molar-refractivity contribution in [2.75, 3.05) is 5.32 Å². The molecule has 0 aliphatic carbocycles. The molecule has 5 heteroatoms. The van der Waals surface area contributed by atoms with Crippen LogP contribution in [-0.2, 0) is 6.54 Å². The summed E-state index contributed by atoms with van der Waals surface area (Å²) in [6.07, 6.45) is 1.51. The van der Waals surface area contributed by atoms with Crippen LogP contribution < -0.4 is 11.1 Å². The van der Waals surface area contributed by atoms with Gasteiger partial charge in [-0.15, -0.1) is 0 Å². The summed E-state index contributed by atoms with van der Waals surface area (Å²) in [5.74, 6) is 0.356. The minimum atomic E-state index is 0.356. The third-order valence-electron chi connectivity index (χ3n) is 1.95. The molecular weight excluding hydrogens is 204 g/mol. The molecule has 0 atom stereocenters. The van der Waals surface area contributed by atoms with Crippen LogP contribution in [0.2, 0.25) is 0 Å². The number of rotatable bonds is 3. The number of nitrogens with two attached hydrogens (primary N) is 1. The summed E-state index contributed by atoms with van der Waals surface area (Å²) in [4.78, 5) is 4.12. The summed E-state index contributed by atoms with van der Waals surface area (Å²) in [6, 6.07) is 11.4. The second kappa shape index (κ2) is 4.97. The van der Waals surface area contributed by atoms with Gasteiger partial charge in [0.25, 0.3) is 0 Å². The Bertz CT molecular complexity index is 450. The van der Waals surface area contributed by atoms with Gasteiger partial charge in [0.2, 0.25) is 0 Å². The molecule has 0 amide bonds. The number of anilines is 1. The lowest BCUT2D eigenvalue weighted by Gasteiger charge is -2.03. The van der Waals surface area contributed by atoms with Gasteiger partial charge in [0.1, 0.15) is 12.0 Å². The van der Waals surface area contributed by atoms with Crippen molar-refractivity contribution in [1.82, 2.24) is 5.16 Å². The van der Waals surface area contributed by atoms with Crippen molar-refractivity contribution in [1.29, 1.82) is 0 Å². The van der Waals surface area contributed by atoms with E-state index in [1.54, 1.807) is 6.07 Å². The average Bonchev–Trinajstić information content (AvgIpc) is 2.81. The summed E-state index contributed by atoms with van der Waals surface area (Å²) >= 11 is 0. The minimum Gasteiger partial charge on any atom is -0.370 e. The molecule has 0 saturated heterocycles. The second-order valence-corrected chi connectivity index (χ2v) is 3.18. The average molecular weight is 216 g/mol. The van der Waals surface area contributed by atoms with Crippen LogP contribution in [0.5, 0.6) is 0 Å². The number of aliphatic imine (C=N–C) groups is 1. The molecule has 0 saturated carbocycles. The number of hydrogen-bond acceptors (Lipinski definition) is 3. The molecule has 16 heavy (non-hydrogen) atoms. The Morgan fingerprint density at radius 2 is 2.12 bits per heavy atom. The Morgan fingerprint density at radius 3 is 2.81 bits per heavy atom. The number of nitrogens with zero attached hydrogens (tertiary/aromatic N) is 2. The topological polar surface area (TPSA) is 76.4 Å². The Hall–Kier alpha value is -2.30. The maximum Gasteiger partial charge on any atom is 0.193 e. The van der Waals surface area contributed by atoms with E-state index >= 15 is 0 Å². The molecule has 82 valence electrons. The van der Waals surface area contributed by atoms with Crippen LogP contribution in [0.15, 0.2) is 52.2 Å². The van der Waals surface area contributed by atoms with Crippen LogP contribution in [0.3, 0.4) is 0 Å². The van der Waals surface area contributed by atoms with Crippen molar-refractivity contribution in [3.05, 3.63) is 48.4 Å². The lowest BCUT2D eigenvalue weighted by molar-refractivity contribution is 0.412. The van der Waals surface area contributed by atoms with Gasteiger partial charge in [-0.25, -0.2) is 4.99 Å². The normalized spacial score (nSPS) is 11.4. The summed E-state index contributed by atoms with van der Waals surface area (Å²) in [5, 5.41) is 6.70. The molecule has 5 nitrogen and oxygen atoms in total. The molecule has 2 aromatic rings. The van der Waals surface area contributed by atoms with E-state index in [1.807, 2.05) is 30.3 Å². The van der Waals surface area contributed by atoms with Crippen molar-refractivity contribution in [2.24, 2.45) is 10.7 Å². The van der Waals surface area contributed by atoms with Crippen LogP contribution in [0, 0.1) is 0 Å². The van der Waals surface area contributed by atoms with Crippen LogP contribution in [0.1, 0.15) is 5.69 Å². The quantitative estimate of drug-likeness (QED) is 0.603. The largest absolute Gasteiger partial charge is 0.370 e. The predicted octanol–water partition coefficient (Wildman–Crippen LogP) is 1.60. The lowest BCUT2D eigenvalue weighted by atomic mass is 10.3. The fraction of sp³-hybridized carbons (Fsp3) is 0.0909. The first kappa shape index (κ1) is 10.2. The number of hydrogen-bond donors (Lipinski definition) is 2. The van der Waals surface area contributed by atoms with Crippen molar-refractivity contribution in [3.63, 3.8) is 0 Å². The molecule has 3 N–H and O–H groups in total. The molecule has 1 heterocycles. The number of para-hydroxylation sites is 1. The highest BCUT2D eigenvalue weighted by atomic mass is 16.5. The van der Waals surface area contributed by atoms with E-state index in [1.165, 1.54) is 6.26 Å². The first-order valence-electron chi connectivity index (χ1n) is 4.86. The van der Waals surface area contributed by atoms with Gasteiger partial charge in [-0.2, -0.15) is 0 Å². The molecule has 1 aromatic carbocycles. The molecule has 2 rings (SSSR count). The molecular formula is C11H12N4O. The van der Waals surface area contributed by atoms with E-state index < -0.39 is 0 Å². The van der Waals surface area contributed by atoms with Gasteiger partial charge in [-0.05, 0) is 12.1 Å². The standard InChI is InChI=1S/C11H12N4O/c12-11(13-8-10-6-7-16-15-10)14-9-4-2-1-3-5-9/h1-7H,8H2,(H3,12,13,14). The minimum absolute atomic E-state index is 0.356. The first-order chi connectivity index (χ1) is 7.84. The second-order valence-electron chi connectivity index (χ2n) is 3.18. The SMILES string of the molecule is NC(=NCc1ccon1)Nc1ccccc1. The van der Waals surface area contributed by atoms with Crippen LogP contribution in [0.25, 0.3) is 0 Å². The zero-order chi connectivity index (χ0) is 11.2. The Kier molecular flexibility index (Phi) is 3.18. The maximum absolute atomic E-state index is 5.70. The van der Waals surface area contributed by atoms with E-state index in [4.69, 9.17) is 5.73 Å². The Balaban J connectivity index is 1.93. The maximum atomic E-state index is 5.70. The molecule has 0 spiro atoms. The number of benzene rings is 1. The molecule has 0 bridgehead atoms. The lowest BCUT2D eigenvalue weighted by Crippen LogP contribution is -2.22. The van der Waals surface area contributed by atoms with Gasteiger partial charge < -0.3 is 15.6 Å². The van der Waals surface area contributed by atoms with Gasteiger partial charge in [0, 0.05) is 11.8 Å². The summed E-state index contributed by atoms with van der Waals surface area (Å²) in [5.41, 5.74) is 7.36. The predicted molar refractivity (Wildman–Crippen MR) is 61.9 cm³/mol. The summed E-state index contributed by atoms with van der Waals surface area (Å²) in [6.45, 7) is 0.405. The zero-order valence-corrected chi connectivity index (χ0v) is 8.63. The van der Waals surface area contributed by atoms with Crippen LogP contribution in [-0.4, -0.2) is 11.1 Å². The Morgan fingerprint density at radius 1 is 1.31 bits per heavy atom. The van der Waals surface area contributed by atoms with Crippen LogP contribution >= 0.6 is 0 Å². The summed E-state index contributed by atoms with van der Waals surface area (Å²) < 4.78 is 4.68. The summed E-state index contributed by atoms with van der Waals surface area (Å²) in [7, 11) is 0. The molecule has 0 radical (unpaired) electrons. The highest BCUT2D eigenvalue weighted by Gasteiger charge is 1.96. The van der Waals surface area contributed by atoms with Crippen molar-refractivity contribution < 1.29 is 4.52 Å². The third-order valence-corrected chi connectivity index (χ3v) is 1.95. The van der Waals surface area contributed by atoms with Gasteiger partial charge in [-0.3, -0.25) is 0 Å². The van der Waals surface area contributed by atoms with E-state index in [-0.39, 0.29) is 0 Å². The molecule has 0 aliphatic heterocycles. The molecule has 0 aliphatic rings. The smallest absolute Gasteiger partial charge is 0.193 e. The fourth-order valence-corrected chi connectivity index (χ4v) is 1.19. The number of aromatic nitrogens is 1. The highest BCUT2D eigenvalue weighted by Crippen LogP contribution is 2.04. The number of guanidine groups is 1. The van der Waals surface area contributed by atoms with Gasteiger partial charge in [0.05, 0.1) is 6.54 Å². The van der Waals surface area contributed by atoms with E-state index in [0.29, 0.717) is 12.5 Å². The van der Waals surface area contributed by atoms with E-state index in [9.17, 15) is 0 Å². The molecule has 0 unspecified atom stereocenters. The molecule has 1 aromatic heterocycles. The van der Waals surface area contributed by atoms with Gasteiger partial charge in [0.15, 0.2) is 5.96 Å². The van der Waals surface area contributed by atoms with Crippen molar-refractivity contribution in [2.45, 2.75) is 6.54 Å². The van der Waals surface area contributed by atoms with Crippen molar-refractivity contribution >= 4 is 11.6 Å². The third kappa shape index (κ3) is 2.84. The van der Waals surface area contributed by atoms with Crippen molar-refractivity contribution in [3.8, 4) is 0 Å². The van der Waals surface area contributed by atoms with E-state index in [2.05, 4.69) is 20.0 Å². The highest BCUT2D eigenvalue weighted by molar-refractivity contribution is 5.92. The zero-order valence-electron chi connectivity index (χ0n) is 8.63. The monoisotopic (exact) mass is 216 g/mol. The number of nitrogens with one attached hydrogen (secondary N) is 1. The fourth-order valence-electron chi connectivity index (χ4n) is 1.19. The van der Waals surface area contributed by atoms with Gasteiger partial charge in [-0.1, -0.05) is 23.4 Å². The Labute approximate surface area is 93.0 Å².